The predicted molar refractivity (Wildman–Crippen MR) is 96.1 cm³/mol. The number of hydrogen-bond donors (Lipinski definition) is 1. The highest BCUT2D eigenvalue weighted by atomic mass is 16.1. The monoisotopic (exact) mass is 303 g/mol. The zero-order chi connectivity index (χ0) is 16.0. The lowest BCUT2D eigenvalue weighted by Crippen LogP contribution is -2.16. The maximum atomic E-state index is 12.2. The molecule has 0 fully saturated rings. The Kier molecular flexibility index (Phi) is 10.4. The number of rotatable bonds is 12. The fourth-order valence-electron chi connectivity index (χ4n) is 2.89. The summed E-state index contributed by atoms with van der Waals surface area (Å²) in [6, 6.07) is 9.78. The van der Waals surface area contributed by atoms with Gasteiger partial charge in [-0.3, -0.25) is 4.79 Å². The Hall–Kier alpha value is -1.31. The summed E-state index contributed by atoms with van der Waals surface area (Å²) >= 11 is 0. The SMILES string of the molecule is CCCCCCC(CCCCC)CC(=O)Nc1ccccc1. The molecule has 2 nitrogen and oxygen atoms in total. The molecule has 0 aromatic heterocycles. The van der Waals surface area contributed by atoms with Crippen molar-refractivity contribution >= 4 is 11.6 Å². The van der Waals surface area contributed by atoms with Crippen molar-refractivity contribution in [3.63, 3.8) is 0 Å². The Morgan fingerprint density at radius 3 is 2.14 bits per heavy atom. The minimum Gasteiger partial charge on any atom is -0.326 e. The van der Waals surface area contributed by atoms with E-state index in [2.05, 4.69) is 19.2 Å². The summed E-state index contributed by atoms with van der Waals surface area (Å²) in [5.41, 5.74) is 0.908. The van der Waals surface area contributed by atoms with E-state index in [-0.39, 0.29) is 5.91 Å². The van der Waals surface area contributed by atoms with Gasteiger partial charge in [-0.2, -0.15) is 0 Å². The Morgan fingerprint density at radius 1 is 0.909 bits per heavy atom. The van der Waals surface area contributed by atoms with Crippen molar-refractivity contribution in [2.45, 2.75) is 78.1 Å². The molecule has 0 aliphatic rings. The third-order valence-electron chi connectivity index (χ3n) is 4.21. The van der Waals surface area contributed by atoms with Crippen molar-refractivity contribution < 1.29 is 4.79 Å². The topological polar surface area (TPSA) is 29.1 Å². The van der Waals surface area contributed by atoms with Crippen LogP contribution in [0, 0.1) is 5.92 Å². The highest BCUT2D eigenvalue weighted by Crippen LogP contribution is 2.22. The van der Waals surface area contributed by atoms with Gasteiger partial charge in [-0.05, 0) is 30.9 Å². The Bertz CT molecular complexity index is 388. The predicted octanol–water partition coefficient (Wildman–Crippen LogP) is 6.18. The molecule has 2 heteroatoms. The standard InChI is InChI=1S/C20H33NO/c1-3-5-7-10-14-18(13-9-6-4-2)17-20(22)21-19-15-11-8-12-16-19/h8,11-12,15-16,18H,3-7,9-10,13-14,17H2,1-2H3,(H,21,22). The molecule has 1 aromatic carbocycles. The van der Waals surface area contributed by atoms with Crippen LogP contribution in [0.15, 0.2) is 30.3 Å². The minimum absolute atomic E-state index is 0.170. The summed E-state index contributed by atoms with van der Waals surface area (Å²) in [6.45, 7) is 4.48. The van der Waals surface area contributed by atoms with E-state index in [1.807, 2.05) is 30.3 Å². The van der Waals surface area contributed by atoms with Gasteiger partial charge in [0.2, 0.25) is 5.91 Å². The van der Waals surface area contributed by atoms with E-state index in [9.17, 15) is 4.79 Å². The van der Waals surface area contributed by atoms with E-state index in [1.54, 1.807) is 0 Å². The van der Waals surface area contributed by atoms with Crippen LogP contribution in [0.25, 0.3) is 0 Å². The normalized spacial score (nSPS) is 12.1. The van der Waals surface area contributed by atoms with E-state index in [0.29, 0.717) is 12.3 Å². The third-order valence-corrected chi connectivity index (χ3v) is 4.21. The molecule has 0 aliphatic heterocycles. The first-order valence-electron chi connectivity index (χ1n) is 9.11. The number of para-hydroxylation sites is 1. The Balaban J connectivity index is 2.38. The van der Waals surface area contributed by atoms with Crippen molar-refractivity contribution in [3.05, 3.63) is 30.3 Å². The molecule has 1 atom stereocenters. The summed E-state index contributed by atoms with van der Waals surface area (Å²) in [6.07, 6.45) is 12.0. The summed E-state index contributed by atoms with van der Waals surface area (Å²) in [4.78, 5) is 12.2. The fraction of sp³-hybridized carbons (Fsp3) is 0.650. The lowest BCUT2D eigenvalue weighted by Gasteiger charge is -2.16. The number of unbranched alkanes of at least 4 members (excludes halogenated alkanes) is 5. The van der Waals surface area contributed by atoms with Crippen LogP contribution in [0.5, 0.6) is 0 Å². The van der Waals surface area contributed by atoms with Crippen molar-refractivity contribution in [2.75, 3.05) is 5.32 Å². The van der Waals surface area contributed by atoms with E-state index >= 15 is 0 Å². The molecule has 0 spiro atoms. The second-order valence-electron chi connectivity index (χ2n) is 6.33. The number of amides is 1. The van der Waals surface area contributed by atoms with Gasteiger partial charge in [0.25, 0.3) is 0 Å². The number of nitrogens with one attached hydrogen (secondary N) is 1. The van der Waals surface area contributed by atoms with Crippen LogP contribution < -0.4 is 5.32 Å². The lowest BCUT2D eigenvalue weighted by molar-refractivity contribution is -0.117. The molecule has 1 aromatic rings. The zero-order valence-electron chi connectivity index (χ0n) is 14.4. The van der Waals surface area contributed by atoms with Gasteiger partial charge in [0.15, 0.2) is 0 Å². The molecule has 0 bridgehead atoms. The van der Waals surface area contributed by atoms with Gasteiger partial charge in [-0.1, -0.05) is 77.0 Å². The molecular weight excluding hydrogens is 270 g/mol. The van der Waals surface area contributed by atoms with Crippen LogP contribution in [0.2, 0.25) is 0 Å². The minimum atomic E-state index is 0.170. The van der Waals surface area contributed by atoms with Crippen LogP contribution in [0.4, 0.5) is 5.69 Å². The average molecular weight is 303 g/mol. The first kappa shape index (κ1) is 18.7. The lowest BCUT2D eigenvalue weighted by atomic mass is 9.91. The molecule has 0 heterocycles. The first-order valence-corrected chi connectivity index (χ1v) is 9.11. The van der Waals surface area contributed by atoms with Crippen LogP contribution in [-0.4, -0.2) is 5.91 Å². The van der Waals surface area contributed by atoms with Crippen LogP contribution >= 0.6 is 0 Å². The molecule has 124 valence electrons. The molecule has 1 rings (SSSR count). The molecule has 1 unspecified atom stereocenters. The van der Waals surface area contributed by atoms with Gasteiger partial charge < -0.3 is 5.32 Å². The van der Waals surface area contributed by atoms with Gasteiger partial charge in [0, 0.05) is 12.1 Å². The Labute approximate surface area is 136 Å². The van der Waals surface area contributed by atoms with Crippen molar-refractivity contribution in [1.82, 2.24) is 0 Å². The number of carbonyl (C=O) groups excluding carboxylic acids is 1. The summed E-state index contributed by atoms with van der Waals surface area (Å²) < 4.78 is 0. The van der Waals surface area contributed by atoms with Gasteiger partial charge in [0.05, 0.1) is 0 Å². The van der Waals surface area contributed by atoms with Gasteiger partial charge in [0.1, 0.15) is 0 Å². The fourth-order valence-corrected chi connectivity index (χ4v) is 2.89. The third kappa shape index (κ3) is 8.86. The largest absolute Gasteiger partial charge is 0.326 e. The molecule has 1 N–H and O–H groups in total. The quantitative estimate of drug-likeness (QED) is 0.459. The summed E-state index contributed by atoms with van der Waals surface area (Å²) in [5, 5.41) is 3.03. The second kappa shape index (κ2) is 12.3. The van der Waals surface area contributed by atoms with Crippen molar-refractivity contribution in [2.24, 2.45) is 5.92 Å². The van der Waals surface area contributed by atoms with E-state index in [4.69, 9.17) is 0 Å². The zero-order valence-corrected chi connectivity index (χ0v) is 14.4. The van der Waals surface area contributed by atoms with E-state index < -0.39 is 0 Å². The van der Waals surface area contributed by atoms with Crippen molar-refractivity contribution in [1.29, 1.82) is 0 Å². The van der Waals surface area contributed by atoms with E-state index in [1.165, 1.54) is 57.8 Å². The van der Waals surface area contributed by atoms with Crippen LogP contribution in [-0.2, 0) is 4.79 Å². The average Bonchev–Trinajstić information content (AvgIpc) is 2.52. The van der Waals surface area contributed by atoms with Crippen LogP contribution in [0.3, 0.4) is 0 Å². The second-order valence-corrected chi connectivity index (χ2v) is 6.33. The molecule has 1 amide bonds. The smallest absolute Gasteiger partial charge is 0.224 e. The maximum absolute atomic E-state index is 12.2. The highest BCUT2D eigenvalue weighted by molar-refractivity contribution is 5.90. The van der Waals surface area contributed by atoms with Gasteiger partial charge >= 0.3 is 0 Å². The number of hydrogen-bond acceptors (Lipinski definition) is 1. The van der Waals surface area contributed by atoms with Gasteiger partial charge in [-0.25, -0.2) is 0 Å². The Morgan fingerprint density at radius 2 is 1.50 bits per heavy atom. The van der Waals surface area contributed by atoms with E-state index in [0.717, 1.165) is 5.69 Å². The number of anilines is 1. The number of carbonyl (C=O) groups is 1. The maximum Gasteiger partial charge on any atom is 0.224 e. The molecular formula is C20H33NO. The highest BCUT2D eigenvalue weighted by Gasteiger charge is 2.13. The first-order chi connectivity index (χ1) is 10.8. The van der Waals surface area contributed by atoms with Crippen LogP contribution in [0.1, 0.15) is 78.1 Å². The van der Waals surface area contributed by atoms with Crippen molar-refractivity contribution in [3.8, 4) is 0 Å². The number of benzene rings is 1. The molecule has 0 saturated carbocycles. The molecule has 0 aliphatic carbocycles. The molecule has 22 heavy (non-hydrogen) atoms. The molecule has 0 radical (unpaired) electrons. The summed E-state index contributed by atoms with van der Waals surface area (Å²) in [5.74, 6) is 0.718. The molecule has 0 saturated heterocycles. The summed E-state index contributed by atoms with van der Waals surface area (Å²) in [7, 11) is 0. The van der Waals surface area contributed by atoms with Gasteiger partial charge in [-0.15, -0.1) is 0 Å².